The molecule has 2 aromatic rings. The number of benzene rings is 2. The standard InChI is InChI=1S/C15H10BrClF2O/c16-13-6-9(1-4-15(13)19)5-12(20)7-10-2-3-11(18)8-14(10)17/h1-4,6,8H,5,7H2. The molecule has 2 aromatic carbocycles. The minimum absolute atomic E-state index is 0.0722. The van der Waals surface area contributed by atoms with Gasteiger partial charge in [0.25, 0.3) is 0 Å². The Bertz CT molecular complexity index is 658. The Balaban J connectivity index is 2.07. The van der Waals surface area contributed by atoms with E-state index in [4.69, 9.17) is 11.6 Å². The zero-order valence-corrected chi connectivity index (χ0v) is 12.6. The van der Waals surface area contributed by atoms with Crippen molar-refractivity contribution in [1.29, 1.82) is 0 Å². The molecule has 0 saturated heterocycles. The molecule has 0 aromatic heterocycles. The molecule has 0 aliphatic rings. The van der Waals surface area contributed by atoms with Crippen LogP contribution in [0.1, 0.15) is 11.1 Å². The van der Waals surface area contributed by atoms with Crippen molar-refractivity contribution in [3.05, 3.63) is 68.7 Å². The molecule has 20 heavy (non-hydrogen) atoms. The van der Waals surface area contributed by atoms with Gasteiger partial charge in [0.15, 0.2) is 0 Å². The molecular formula is C15H10BrClF2O. The Labute approximate surface area is 128 Å². The summed E-state index contributed by atoms with van der Waals surface area (Å²) in [6.45, 7) is 0. The molecule has 0 aliphatic carbocycles. The lowest BCUT2D eigenvalue weighted by atomic mass is 10.0. The minimum Gasteiger partial charge on any atom is -0.299 e. The number of hydrogen-bond acceptors (Lipinski definition) is 1. The van der Waals surface area contributed by atoms with Crippen molar-refractivity contribution in [2.45, 2.75) is 12.8 Å². The van der Waals surface area contributed by atoms with E-state index in [9.17, 15) is 13.6 Å². The third-order valence-electron chi connectivity index (χ3n) is 2.79. The minimum atomic E-state index is -0.436. The Morgan fingerprint density at radius 1 is 1.10 bits per heavy atom. The number of carbonyl (C=O) groups is 1. The molecular weight excluding hydrogens is 350 g/mol. The van der Waals surface area contributed by atoms with Gasteiger partial charge in [0.2, 0.25) is 0 Å². The summed E-state index contributed by atoms with van der Waals surface area (Å²) in [6, 6.07) is 8.37. The number of Topliss-reactive ketones (excluding diaryl/α,β-unsaturated/α-hetero) is 1. The Hall–Kier alpha value is -1.26. The molecule has 0 amide bonds. The SMILES string of the molecule is O=C(Cc1ccc(F)c(Br)c1)Cc1ccc(F)cc1Cl. The average Bonchev–Trinajstić information content (AvgIpc) is 2.37. The second-order valence-corrected chi connectivity index (χ2v) is 5.64. The maximum Gasteiger partial charge on any atom is 0.141 e. The van der Waals surface area contributed by atoms with Crippen molar-refractivity contribution < 1.29 is 13.6 Å². The van der Waals surface area contributed by atoms with Gasteiger partial charge < -0.3 is 0 Å². The lowest BCUT2D eigenvalue weighted by Crippen LogP contribution is -2.07. The topological polar surface area (TPSA) is 17.1 Å². The molecule has 0 unspecified atom stereocenters. The fourth-order valence-corrected chi connectivity index (χ4v) is 2.48. The van der Waals surface area contributed by atoms with Gasteiger partial charge in [-0.1, -0.05) is 23.7 Å². The van der Waals surface area contributed by atoms with Crippen molar-refractivity contribution in [3.8, 4) is 0 Å². The molecule has 2 rings (SSSR count). The molecule has 0 fully saturated rings. The van der Waals surface area contributed by atoms with Crippen LogP contribution in [0, 0.1) is 11.6 Å². The van der Waals surface area contributed by atoms with E-state index in [1.165, 1.54) is 24.3 Å². The smallest absolute Gasteiger partial charge is 0.141 e. The summed E-state index contributed by atoms with van der Waals surface area (Å²) in [4.78, 5) is 12.0. The molecule has 0 spiro atoms. The second-order valence-electron chi connectivity index (χ2n) is 4.38. The summed E-state index contributed by atoms with van der Waals surface area (Å²) in [7, 11) is 0. The van der Waals surface area contributed by atoms with Gasteiger partial charge in [-0.15, -0.1) is 0 Å². The predicted octanol–water partition coefficient (Wildman–Crippen LogP) is 4.74. The van der Waals surface area contributed by atoms with Gasteiger partial charge in [0.1, 0.15) is 17.4 Å². The Morgan fingerprint density at radius 3 is 2.50 bits per heavy atom. The van der Waals surface area contributed by atoms with Gasteiger partial charge in [-0.2, -0.15) is 0 Å². The highest BCUT2D eigenvalue weighted by molar-refractivity contribution is 9.10. The van der Waals surface area contributed by atoms with Crippen LogP contribution in [0.4, 0.5) is 8.78 Å². The molecule has 0 saturated carbocycles. The molecule has 5 heteroatoms. The summed E-state index contributed by atoms with van der Waals surface area (Å²) < 4.78 is 26.3. The maximum atomic E-state index is 13.1. The molecule has 0 heterocycles. The van der Waals surface area contributed by atoms with Crippen molar-refractivity contribution in [3.63, 3.8) is 0 Å². The van der Waals surface area contributed by atoms with Crippen molar-refractivity contribution >= 4 is 33.3 Å². The fourth-order valence-electron chi connectivity index (χ4n) is 1.82. The van der Waals surface area contributed by atoms with Gasteiger partial charge in [0, 0.05) is 17.9 Å². The summed E-state index contributed by atoms with van der Waals surface area (Å²) in [5, 5.41) is 0.235. The van der Waals surface area contributed by atoms with E-state index in [1.54, 1.807) is 12.1 Å². The van der Waals surface area contributed by atoms with Gasteiger partial charge in [-0.25, -0.2) is 8.78 Å². The Kier molecular flexibility index (Phi) is 4.89. The third-order valence-corrected chi connectivity index (χ3v) is 3.75. The van der Waals surface area contributed by atoms with E-state index in [1.807, 2.05) is 0 Å². The van der Waals surface area contributed by atoms with E-state index in [2.05, 4.69) is 15.9 Å². The van der Waals surface area contributed by atoms with E-state index < -0.39 is 5.82 Å². The monoisotopic (exact) mass is 358 g/mol. The highest BCUT2D eigenvalue weighted by Gasteiger charge is 2.10. The highest BCUT2D eigenvalue weighted by atomic mass is 79.9. The molecule has 0 aliphatic heterocycles. The van der Waals surface area contributed by atoms with Crippen LogP contribution in [0.2, 0.25) is 5.02 Å². The molecule has 0 atom stereocenters. The van der Waals surface area contributed by atoms with E-state index in [0.29, 0.717) is 15.6 Å². The van der Waals surface area contributed by atoms with Crippen LogP contribution >= 0.6 is 27.5 Å². The van der Waals surface area contributed by atoms with E-state index in [-0.39, 0.29) is 29.5 Å². The van der Waals surface area contributed by atoms with Crippen molar-refractivity contribution in [2.24, 2.45) is 0 Å². The number of halogens is 4. The molecule has 104 valence electrons. The van der Waals surface area contributed by atoms with Crippen LogP contribution in [0.25, 0.3) is 0 Å². The van der Waals surface area contributed by atoms with Crippen molar-refractivity contribution in [2.75, 3.05) is 0 Å². The number of rotatable bonds is 4. The summed E-state index contributed by atoms with van der Waals surface area (Å²) in [5.74, 6) is -0.881. The first-order valence-corrected chi connectivity index (χ1v) is 7.02. The lowest BCUT2D eigenvalue weighted by molar-refractivity contribution is -0.117. The number of hydrogen-bond donors (Lipinski definition) is 0. The summed E-state index contributed by atoms with van der Waals surface area (Å²) >= 11 is 8.95. The van der Waals surface area contributed by atoms with Crippen LogP contribution in [-0.4, -0.2) is 5.78 Å². The first-order valence-electron chi connectivity index (χ1n) is 5.85. The second kappa shape index (κ2) is 6.46. The van der Waals surface area contributed by atoms with E-state index >= 15 is 0 Å². The van der Waals surface area contributed by atoms with Gasteiger partial charge in [0.05, 0.1) is 4.47 Å². The number of carbonyl (C=O) groups excluding carboxylic acids is 1. The molecule has 0 radical (unpaired) electrons. The van der Waals surface area contributed by atoms with Crippen LogP contribution in [0.5, 0.6) is 0 Å². The first kappa shape index (κ1) is 15.1. The van der Waals surface area contributed by atoms with Crippen LogP contribution in [-0.2, 0) is 17.6 Å². The normalized spacial score (nSPS) is 10.6. The van der Waals surface area contributed by atoms with Crippen LogP contribution < -0.4 is 0 Å². The fraction of sp³-hybridized carbons (Fsp3) is 0.133. The largest absolute Gasteiger partial charge is 0.299 e. The number of ketones is 1. The molecule has 0 N–H and O–H groups in total. The lowest BCUT2D eigenvalue weighted by Gasteiger charge is -2.05. The zero-order valence-electron chi connectivity index (χ0n) is 10.3. The zero-order chi connectivity index (χ0) is 14.7. The van der Waals surface area contributed by atoms with Crippen LogP contribution in [0.15, 0.2) is 40.9 Å². The van der Waals surface area contributed by atoms with E-state index in [0.717, 1.165) is 0 Å². The summed E-state index contributed by atoms with van der Waals surface area (Å²) in [5.41, 5.74) is 1.29. The average molecular weight is 360 g/mol. The molecule has 1 nitrogen and oxygen atoms in total. The summed E-state index contributed by atoms with van der Waals surface area (Å²) in [6.07, 6.45) is 0.292. The predicted molar refractivity (Wildman–Crippen MR) is 77.9 cm³/mol. The van der Waals surface area contributed by atoms with Crippen LogP contribution in [0.3, 0.4) is 0 Å². The van der Waals surface area contributed by atoms with Gasteiger partial charge in [-0.3, -0.25) is 4.79 Å². The van der Waals surface area contributed by atoms with Gasteiger partial charge >= 0.3 is 0 Å². The third kappa shape index (κ3) is 3.87. The van der Waals surface area contributed by atoms with Crippen molar-refractivity contribution in [1.82, 2.24) is 0 Å². The first-order chi connectivity index (χ1) is 9.45. The quantitative estimate of drug-likeness (QED) is 0.771. The molecule has 0 bridgehead atoms. The maximum absolute atomic E-state index is 13.1. The Morgan fingerprint density at radius 2 is 1.85 bits per heavy atom. The highest BCUT2D eigenvalue weighted by Crippen LogP contribution is 2.20. The van der Waals surface area contributed by atoms with Gasteiger partial charge in [-0.05, 0) is 51.3 Å².